The van der Waals surface area contributed by atoms with Crippen LogP contribution in [0, 0.1) is 0 Å². The lowest BCUT2D eigenvalue weighted by molar-refractivity contribution is -0.137. The molecule has 1 unspecified atom stereocenters. The molecule has 0 fully saturated rings. The van der Waals surface area contributed by atoms with Gasteiger partial charge in [0, 0.05) is 11.8 Å². The van der Waals surface area contributed by atoms with Gasteiger partial charge in [0.2, 0.25) is 5.91 Å². The van der Waals surface area contributed by atoms with Crippen LogP contribution in [0.2, 0.25) is 0 Å². The number of hydrogen-bond donors (Lipinski definition) is 1. The van der Waals surface area contributed by atoms with Crippen LogP contribution in [0.4, 0.5) is 5.69 Å². The Hall–Kier alpha value is -2.92. The predicted molar refractivity (Wildman–Crippen MR) is 113 cm³/mol. The largest absolute Gasteiger partial charge is 0.463 e. The maximum atomic E-state index is 13.0. The first-order valence-electron chi connectivity index (χ1n) is 9.63. The molecule has 5 nitrogen and oxygen atoms in total. The summed E-state index contributed by atoms with van der Waals surface area (Å²) in [5.74, 6) is -0.436. The third-order valence-electron chi connectivity index (χ3n) is 4.42. The second-order valence-electron chi connectivity index (χ2n) is 6.23. The molecular weight excluding hydrogens is 352 g/mol. The van der Waals surface area contributed by atoms with Crippen molar-refractivity contribution in [3.05, 3.63) is 71.8 Å². The van der Waals surface area contributed by atoms with Gasteiger partial charge in [0.05, 0.1) is 6.61 Å². The first kappa shape index (κ1) is 21.4. The number of ether oxygens (including phenoxy) is 1. The van der Waals surface area contributed by atoms with Crippen LogP contribution in [0.5, 0.6) is 0 Å². The van der Waals surface area contributed by atoms with E-state index in [4.69, 9.17) is 4.74 Å². The third kappa shape index (κ3) is 6.06. The number of likely N-dealkylation sites (N-methyl/N-ethyl adjacent to an activating group) is 1. The minimum absolute atomic E-state index is 0.0651. The highest BCUT2D eigenvalue weighted by Gasteiger charge is 2.25. The molecular formula is C23H28N2O3. The van der Waals surface area contributed by atoms with Crippen molar-refractivity contribution in [1.29, 1.82) is 0 Å². The molecule has 1 N–H and O–H groups in total. The Morgan fingerprint density at radius 3 is 2.21 bits per heavy atom. The van der Waals surface area contributed by atoms with E-state index in [0.29, 0.717) is 12.3 Å². The number of hydrogen-bond acceptors (Lipinski definition) is 4. The van der Waals surface area contributed by atoms with Crippen LogP contribution in [0.3, 0.4) is 0 Å². The molecule has 0 bridgehead atoms. The molecule has 2 aromatic rings. The van der Waals surface area contributed by atoms with Crippen molar-refractivity contribution in [1.82, 2.24) is 4.90 Å². The van der Waals surface area contributed by atoms with Crippen molar-refractivity contribution >= 4 is 23.6 Å². The van der Waals surface area contributed by atoms with Crippen LogP contribution >= 0.6 is 0 Å². The number of amides is 1. The summed E-state index contributed by atoms with van der Waals surface area (Å²) in [5.41, 5.74) is 2.54. The van der Waals surface area contributed by atoms with Gasteiger partial charge >= 0.3 is 5.97 Å². The van der Waals surface area contributed by atoms with Crippen molar-refractivity contribution in [3.8, 4) is 0 Å². The Morgan fingerprint density at radius 1 is 1.00 bits per heavy atom. The maximum absolute atomic E-state index is 13.0. The van der Waals surface area contributed by atoms with E-state index >= 15 is 0 Å². The smallest absolute Gasteiger partial charge is 0.330 e. The Labute approximate surface area is 167 Å². The lowest BCUT2D eigenvalue weighted by atomic mass is 10.0. The fraction of sp³-hybridized carbons (Fsp3) is 0.304. The SMILES string of the molecule is CCOC(=O)/C=C/c1ccc(NC(=O)C(c2ccccc2)N(CC)CC)cc1. The number of carbonyl (C=O) groups excluding carboxylic acids is 2. The van der Waals surface area contributed by atoms with Gasteiger partial charge in [-0.25, -0.2) is 4.79 Å². The molecule has 0 aliphatic carbocycles. The molecule has 28 heavy (non-hydrogen) atoms. The van der Waals surface area contributed by atoms with Crippen molar-refractivity contribution in [2.45, 2.75) is 26.8 Å². The number of nitrogens with zero attached hydrogens (tertiary/aromatic N) is 1. The summed E-state index contributed by atoms with van der Waals surface area (Å²) in [6, 6.07) is 16.8. The quantitative estimate of drug-likeness (QED) is 0.521. The minimum Gasteiger partial charge on any atom is -0.463 e. The summed E-state index contributed by atoms with van der Waals surface area (Å²) in [4.78, 5) is 26.5. The van der Waals surface area contributed by atoms with Gasteiger partial charge in [0.15, 0.2) is 0 Å². The summed E-state index contributed by atoms with van der Waals surface area (Å²) in [6.07, 6.45) is 3.08. The van der Waals surface area contributed by atoms with Gasteiger partial charge in [0.25, 0.3) is 0 Å². The minimum atomic E-state index is -0.371. The van der Waals surface area contributed by atoms with E-state index in [0.717, 1.165) is 24.2 Å². The average Bonchev–Trinajstić information content (AvgIpc) is 2.72. The van der Waals surface area contributed by atoms with Crippen LogP contribution in [0.1, 0.15) is 37.9 Å². The molecule has 1 atom stereocenters. The standard InChI is InChI=1S/C23H28N2O3/c1-4-25(5-2)22(19-10-8-7-9-11-19)23(27)24-20-15-12-18(13-16-20)14-17-21(26)28-6-3/h7-17,22H,4-6H2,1-3H3,(H,24,27)/b17-14+. The first-order valence-corrected chi connectivity index (χ1v) is 9.63. The molecule has 0 spiro atoms. The molecule has 0 radical (unpaired) electrons. The lowest BCUT2D eigenvalue weighted by Gasteiger charge is -2.29. The zero-order chi connectivity index (χ0) is 20.4. The lowest BCUT2D eigenvalue weighted by Crippen LogP contribution is -2.37. The van der Waals surface area contributed by atoms with Gasteiger partial charge < -0.3 is 10.1 Å². The average molecular weight is 380 g/mol. The van der Waals surface area contributed by atoms with E-state index < -0.39 is 0 Å². The highest BCUT2D eigenvalue weighted by molar-refractivity contribution is 5.95. The van der Waals surface area contributed by atoms with Crippen LogP contribution in [0.15, 0.2) is 60.7 Å². The summed E-state index contributed by atoms with van der Waals surface area (Å²) in [7, 11) is 0. The molecule has 0 aromatic heterocycles. The van der Waals surface area contributed by atoms with E-state index in [9.17, 15) is 9.59 Å². The van der Waals surface area contributed by atoms with Crippen molar-refractivity contribution in [3.63, 3.8) is 0 Å². The van der Waals surface area contributed by atoms with Crippen LogP contribution in [0.25, 0.3) is 6.08 Å². The van der Waals surface area contributed by atoms with E-state index in [-0.39, 0.29) is 17.9 Å². The van der Waals surface area contributed by atoms with E-state index in [1.165, 1.54) is 6.08 Å². The molecule has 5 heteroatoms. The van der Waals surface area contributed by atoms with Crippen LogP contribution < -0.4 is 5.32 Å². The number of rotatable bonds is 9. The van der Waals surface area contributed by atoms with E-state index in [1.54, 1.807) is 13.0 Å². The van der Waals surface area contributed by atoms with Gasteiger partial charge in [-0.2, -0.15) is 0 Å². The number of benzene rings is 2. The number of esters is 1. The molecule has 148 valence electrons. The molecule has 0 aliphatic heterocycles. The van der Waals surface area contributed by atoms with Gasteiger partial charge in [-0.15, -0.1) is 0 Å². The molecule has 2 aromatic carbocycles. The number of anilines is 1. The summed E-state index contributed by atoms with van der Waals surface area (Å²) in [5, 5.41) is 3.01. The zero-order valence-corrected chi connectivity index (χ0v) is 16.7. The third-order valence-corrected chi connectivity index (χ3v) is 4.42. The first-order chi connectivity index (χ1) is 13.6. The Kier molecular flexibility index (Phi) is 8.43. The highest BCUT2D eigenvalue weighted by Crippen LogP contribution is 2.23. The monoisotopic (exact) mass is 380 g/mol. The van der Waals surface area contributed by atoms with Gasteiger partial charge in [-0.1, -0.05) is 56.3 Å². The van der Waals surface area contributed by atoms with Gasteiger partial charge in [0.1, 0.15) is 6.04 Å². The topological polar surface area (TPSA) is 58.6 Å². The van der Waals surface area contributed by atoms with Crippen LogP contribution in [-0.2, 0) is 14.3 Å². The number of carbonyl (C=O) groups is 2. The van der Waals surface area contributed by atoms with Gasteiger partial charge in [-0.3, -0.25) is 9.69 Å². The Bertz CT molecular complexity index is 781. The molecule has 0 heterocycles. The number of nitrogens with one attached hydrogen (secondary N) is 1. The normalized spacial score (nSPS) is 12.1. The molecule has 0 saturated heterocycles. The highest BCUT2D eigenvalue weighted by atomic mass is 16.5. The second kappa shape index (κ2) is 11.0. The van der Waals surface area contributed by atoms with E-state index in [2.05, 4.69) is 24.1 Å². The van der Waals surface area contributed by atoms with Crippen molar-refractivity contribution in [2.75, 3.05) is 25.0 Å². The van der Waals surface area contributed by atoms with Crippen molar-refractivity contribution in [2.24, 2.45) is 0 Å². The molecule has 1 amide bonds. The maximum Gasteiger partial charge on any atom is 0.330 e. The Morgan fingerprint density at radius 2 is 1.64 bits per heavy atom. The Balaban J connectivity index is 2.11. The fourth-order valence-electron chi connectivity index (χ4n) is 2.99. The fourth-order valence-corrected chi connectivity index (χ4v) is 2.99. The molecule has 0 saturated carbocycles. The molecule has 0 aliphatic rings. The van der Waals surface area contributed by atoms with Gasteiger partial charge in [-0.05, 0) is 49.3 Å². The zero-order valence-electron chi connectivity index (χ0n) is 16.7. The predicted octanol–water partition coefficient (Wildman–Crippen LogP) is 4.28. The van der Waals surface area contributed by atoms with E-state index in [1.807, 2.05) is 54.6 Å². The summed E-state index contributed by atoms with van der Waals surface area (Å²) < 4.78 is 4.86. The van der Waals surface area contributed by atoms with Crippen molar-refractivity contribution < 1.29 is 14.3 Å². The summed E-state index contributed by atoms with van der Waals surface area (Å²) >= 11 is 0. The second-order valence-corrected chi connectivity index (χ2v) is 6.23. The van der Waals surface area contributed by atoms with Crippen LogP contribution in [-0.4, -0.2) is 36.5 Å². The molecule has 2 rings (SSSR count). The summed E-state index contributed by atoms with van der Waals surface area (Å²) in [6.45, 7) is 7.78.